The lowest BCUT2D eigenvalue weighted by atomic mass is 10.0. The van der Waals surface area contributed by atoms with Crippen LogP contribution < -0.4 is 20.9 Å². The molecule has 0 aliphatic carbocycles. The van der Waals surface area contributed by atoms with Gasteiger partial charge >= 0.3 is 6.18 Å². The molecule has 1 aromatic heterocycles. The largest absolute Gasteiger partial charge is 0.416 e. The number of aldehydes is 1. The van der Waals surface area contributed by atoms with Gasteiger partial charge in [-0.1, -0.05) is 30.3 Å². The number of benzene rings is 3. The zero-order chi connectivity index (χ0) is 37.6. The van der Waals surface area contributed by atoms with E-state index in [1.54, 1.807) is 31.4 Å². The molecule has 0 radical (unpaired) electrons. The van der Waals surface area contributed by atoms with E-state index in [0.717, 1.165) is 94.1 Å². The maximum atomic E-state index is 13.5. The molecular formula is C41H50F3N7O2. The van der Waals surface area contributed by atoms with Crippen LogP contribution >= 0.6 is 0 Å². The molecule has 0 saturated carbocycles. The summed E-state index contributed by atoms with van der Waals surface area (Å²) in [4.78, 5) is 36.6. The molecule has 2 aliphatic rings. The van der Waals surface area contributed by atoms with E-state index in [4.69, 9.17) is 0 Å². The van der Waals surface area contributed by atoms with Crippen molar-refractivity contribution >= 4 is 23.6 Å². The van der Waals surface area contributed by atoms with Gasteiger partial charge in [0.05, 0.1) is 16.9 Å². The first-order valence-electron chi connectivity index (χ1n) is 18.3. The molecule has 2 aliphatic heterocycles. The first-order valence-corrected chi connectivity index (χ1v) is 18.3. The van der Waals surface area contributed by atoms with Crippen molar-refractivity contribution in [3.63, 3.8) is 0 Å². The Labute approximate surface area is 310 Å². The average molecular weight is 730 g/mol. The van der Waals surface area contributed by atoms with Gasteiger partial charge in [0.25, 0.3) is 5.91 Å². The van der Waals surface area contributed by atoms with Crippen LogP contribution in [-0.4, -0.2) is 93.4 Å². The van der Waals surface area contributed by atoms with Crippen LogP contribution in [0, 0.1) is 0 Å². The second kappa shape index (κ2) is 19.5. The molecule has 4 aromatic rings. The average Bonchev–Trinajstić information content (AvgIpc) is 3.18. The minimum Gasteiger partial charge on any atom is -0.372 e. The second-order valence-electron chi connectivity index (χ2n) is 13.6. The summed E-state index contributed by atoms with van der Waals surface area (Å²) in [6.45, 7) is 9.61. The number of rotatable bonds is 12. The Hall–Kier alpha value is -4.62. The van der Waals surface area contributed by atoms with Gasteiger partial charge in [0.1, 0.15) is 6.29 Å². The highest BCUT2D eigenvalue weighted by Crippen LogP contribution is 2.33. The number of pyridine rings is 1. The van der Waals surface area contributed by atoms with Crippen LogP contribution in [0.2, 0.25) is 0 Å². The van der Waals surface area contributed by atoms with Gasteiger partial charge < -0.3 is 25.8 Å². The molecule has 3 N–H and O–H groups in total. The lowest BCUT2D eigenvalue weighted by Crippen LogP contribution is -2.45. The molecule has 1 amide bonds. The molecule has 0 atom stereocenters. The van der Waals surface area contributed by atoms with E-state index in [-0.39, 0.29) is 5.91 Å². The van der Waals surface area contributed by atoms with Crippen LogP contribution in [0.3, 0.4) is 0 Å². The first-order chi connectivity index (χ1) is 25.6. The van der Waals surface area contributed by atoms with Gasteiger partial charge in [0.15, 0.2) is 0 Å². The fourth-order valence-electron chi connectivity index (χ4n) is 6.57. The Kier molecular flexibility index (Phi) is 14.5. The van der Waals surface area contributed by atoms with Gasteiger partial charge in [-0.25, -0.2) is 0 Å². The fourth-order valence-corrected chi connectivity index (χ4v) is 6.57. The molecule has 3 heterocycles. The van der Waals surface area contributed by atoms with Crippen molar-refractivity contribution in [2.24, 2.45) is 0 Å². The number of likely N-dealkylation sites (N-methyl/N-ethyl adjacent to an activating group) is 1. The predicted octanol–water partition coefficient (Wildman–Crippen LogP) is 6.57. The van der Waals surface area contributed by atoms with Crippen LogP contribution in [0.25, 0.3) is 11.3 Å². The van der Waals surface area contributed by atoms with Crippen LogP contribution in [0.5, 0.6) is 0 Å². The van der Waals surface area contributed by atoms with Gasteiger partial charge in [-0.2, -0.15) is 13.2 Å². The lowest BCUT2D eigenvalue weighted by molar-refractivity contribution is -0.137. The Balaban J connectivity index is 0.000000352. The number of hydrogen-bond acceptors (Lipinski definition) is 8. The third-order valence-corrected chi connectivity index (χ3v) is 9.45. The van der Waals surface area contributed by atoms with Crippen LogP contribution in [0.1, 0.15) is 56.7 Å². The Morgan fingerprint density at radius 1 is 0.925 bits per heavy atom. The highest BCUT2D eigenvalue weighted by molar-refractivity contribution is 6.06. The number of carbonyl (C=O) groups is 2. The summed E-state index contributed by atoms with van der Waals surface area (Å²) >= 11 is 0. The van der Waals surface area contributed by atoms with Crippen LogP contribution in [-0.2, 0) is 19.3 Å². The minimum atomic E-state index is -4.25. The van der Waals surface area contributed by atoms with E-state index >= 15 is 0 Å². The van der Waals surface area contributed by atoms with Gasteiger partial charge in [0, 0.05) is 94.0 Å². The molecular weight excluding hydrogens is 679 g/mol. The third-order valence-electron chi connectivity index (χ3n) is 9.45. The normalized spacial score (nSPS) is 15.1. The summed E-state index contributed by atoms with van der Waals surface area (Å²) in [7, 11) is 3.83. The minimum absolute atomic E-state index is 0.163. The van der Waals surface area contributed by atoms with Crippen molar-refractivity contribution in [2.45, 2.75) is 38.5 Å². The summed E-state index contributed by atoms with van der Waals surface area (Å²) in [6, 6.07) is 22.7. The molecule has 6 rings (SSSR count). The molecule has 9 nitrogen and oxygen atoms in total. The number of halogens is 3. The van der Waals surface area contributed by atoms with Gasteiger partial charge in [-0.15, -0.1) is 0 Å². The molecule has 53 heavy (non-hydrogen) atoms. The monoisotopic (exact) mass is 729 g/mol. The van der Waals surface area contributed by atoms with Crippen molar-refractivity contribution in [1.82, 2.24) is 25.4 Å². The maximum absolute atomic E-state index is 13.5. The Morgan fingerprint density at radius 3 is 2.42 bits per heavy atom. The molecule has 3 aromatic carbocycles. The first kappa shape index (κ1) is 39.6. The van der Waals surface area contributed by atoms with Gasteiger partial charge in [-0.05, 0) is 93.0 Å². The van der Waals surface area contributed by atoms with Crippen molar-refractivity contribution in [2.75, 3.05) is 76.7 Å². The molecule has 282 valence electrons. The number of piperazine rings is 1. The number of nitrogens with one attached hydrogen (secondary N) is 3. The molecule has 2 saturated heterocycles. The quantitative estimate of drug-likeness (QED) is 0.141. The van der Waals surface area contributed by atoms with E-state index in [1.807, 2.05) is 24.3 Å². The summed E-state index contributed by atoms with van der Waals surface area (Å²) in [6.07, 6.45) is 1.82. The summed E-state index contributed by atoms with van der Waals surface area (Å²) < 4.78 is 36.6. The number of anilines is 2. The van der Waals surface area contributed by atoms with Crippen molar-refractivity contribution in [1.29, 1.82) is 0 Å². The molecule has 2 fully saturated rings. The number of carbonyl (C=O) groups excluding carboxylic acids is 2. The SMILES string of the molecule is CN(CCN1CCNCC1)Cc1cccc(C(=O)Nc2ccc(N3CCCCC3)cc2-c2cc(C=O)ccn2)c1.CNCc1cccc(C(F)(F)F)c1. The zero-order valence-corrected chi connectivity index (χ0v) is 30.6. The second-order valence-corrected chi connectivity index (χ2v) is 13.6. The van der Waals surface area contributed by atoms with Gasteiger partial charge in [0.2, 0.25) is 0 Å². The van der Waals surface area contributed by atoms with E-state index < -0.39 is 11.7 Å². The molecule has 0 bridgehead atoms. The van der Waals surface area contributed by atoms with E-state index in [9.17, 15) is 22.8 Å². The van der Waals surface area contributed by atoms with Gasteiger partial charge in [-0.3, -0.25) is 19.5 Å². The van der Waals surface area contributed by atoms with Crippen molar-refractivity contribution < 1.29 is 22.8 Å². The number of amides is 1. The van der Waals surface area contributed by atoms with E-state index in [0.29, 0.717) is 34.6 Å². The number of hydrogen-bond donors (Lipinski definition) is 3. The van der Waals surface area contributed by atoms with Crippen molar-refractivity contribution in [3.8, 4) is 11.3 Å². The topological polar surface area (TPSA) is 92.8 Å². The number of nitrogens with zero attached hydrogens (tertiary/aromatic N) is 4. The Morgan fingerprint density at radius 2 is 1.68 bits per heavy atom. The van der Waals surface area contributed by atoms with Crippen LogP contribution in [0.4, 0.5) is 24.5 Å². The predicted molar refractivity (Wildman–Crippen MR) is 205 cm³/mol. The van der Waals surface area contributed by atoms with Crippen LogP contribution in [0.15, 0.2) is 85.1 Å². The summed E-state index contributed by atoms with van der Waals surface area (Å²) in [5, 5.41) is 9.32. The lowest BCUT2D eigenvalue weighted by Gasteiger charge is -2.29. The molecule has 0 spiro atoms. The third kappa shape index (κ3) is 11.9. The smallest absolute Gasteiger partial charge is 0.372 e. The maximum Gasteiger partial charge on any atom is 0.416 e. The fraction of sp³-hybridized carbons (Fsp3) is 0.390. The highest BCUT2D eigenvalue weighted by atomic mass is 19.4. The molecule has 12 heteroatoms. The Bertz CT molecular complexity index is 1790. The number of aromatic nitrogens is 1. The number of piperidine rings is 1. The van der Waals surface area contributed by atoms with Crippen molar-refractivity contribution in [3.05, 3.63) is 113 Å². The van der Waals surface area contributed by atoms with E-state index in [1.165, 1.54) is 25.3 Å². The highest BCUT2D eigenvalue weighted by Gasteiger charge is 2.30. The summed E-state index contributed by atoms with van der Waals surface area (Å²) in [5.74, 6) is -0.163. The van der Waals surface area contributed by atoms with E-state index in [2.05, 4.69) is 60.9 Å². The standard InChI is InChI=1S/C32H40N6O2.C9H10F3N/c1-36(18-19-37-16-12-33-13-17-37)23-25-6-5-7-27(20-25)32(40)35-30-9-8-28(38-14-3-2-4-15-38)22-29(30)31-21-26(24-39)10-11-34-31;1-13-6-7-3-2-4-8(5-7)9(10,11)12/h5-11,20-22,24,33H,2-4,12-19,23H2,1H3,(H,35,40);2-5,13H,6H2,1H3. The zero-order valence-electron chi connectivity index (χ0n) is 30.6. The summed E-state index contributed by atoms with van der Waals surface area (Å²) in [5.41, 5.74) is 5.58. The molecule has 0 unspecified atom stereocenters. The number of alkyl halides is 3.